The van der Waals surface area contributed by atoms with E-state index >= 15 is 0 Å². The van der Waals surface area contributed by atoms with Gasteiger partial charge in [-0.15, -0.1) is 0 Å². The molecule has 34 heavy (non-hydrogen) atoms. The first-order valence-corrected chi connectivity index (χ1v) is 12.4. The molecule has 4 rings (SSSR count). The lowest BCUT2D eigenvalue weighted by Crippen LogP contribution is -2.59. The average Bonchev–Trinajstić information content (AvgIpc) is 3.55. The molecule has 4 atom stereocenters. The van der Waals surface area contributed by atoms with Gasteiger partial charge in [-0.1, -0.05) is 0 Å². The van der Waals surface area contributed by atoms with Crippen molar-refractivity contribution in [1.82, 2.24) is 20.0 Å². The van der Waals surface area contributed by atoms with E-state index in [9.17, 15) is 24.4 Å². The van der Waals surface area contributed by atoms with Crippen LogP contribution in [0.4, 0.5) is 4.79 Å². The zero-order chi connectivity index (χ0) is 24.6. The third kappa shape index (κ3) is 4.73. The Labute approximate surface area is 202 Å². The highest BCUT2D eigenvalue weighted by Gasteiger charge is 2.52. The molecule has 3 aliphatic rings. The van der Waals surface area contributed by atoms with Crippen LogP contribution in [0.3, 0.4) is 0 Å². The number of fused-ring (bicyclic) bond motifs is 2. The molecule has 0 aliphatic carbocycles. The SMILES string of the molecule is CC(C)(C)OC(=O)N[C@@H](CN1C(=O)[C@@H]2C[C@@H]1CN2C(=O)c1ccsc1)C(=O)N1CCC[C@H]1C#N. The number of ether oxygens (including phenoxy) is 1. The zero-order valence-corrected chi connectivity index (χ0v) is 20.3. The molecule has 2 bridgehead atoms. The Kier molecular flexibility index (Phi) is 6.53. The van der Waals surface area contributed by atoms with E-state index in [1.165, 1.54) is 16.2 Å². The van der Waals surface area contributed by atoms with Gasteiger partial charge in [0.15, 0.2) is 0 Å². The van der Waals surface area contributed by atoms with Gasteiger partial charge < -0.3 is 24.8 Å². The summed E-state index contributed by atoms with van der Waals surface area (Å²) in [5, 5.41) is 15.6. The molecule has 10 nitrogen and oxygen atoms in total. The largest absolute Gasteiger partial charge is 0.444 e. The Hall–Kier alpha value is -3.13. The number of piperazine rings is 1. The first kappa shape index (κ1) is 24.0. The summed E-state index contributed by atoms with van der Waals surface area (Å²) in [4.78, 5) is 56.5. The highest BCUT2D eigenvalue weighted by Crippen LogP contribution is 2.33. The molecule has 3 fully saturated rings. The first-order chi connectivity index (χ1) is 16.1. The quantitative estimate of drug-likeness (QED) is 0.673. The Morgan fingerprint density at radius 1 is 1.32 bits per heavy atom. The fraction of sp³-hybridized carbons (Fsp3) is 0.609. The molecule has 0 aromatic carbocycles. The van der Waals surface area contributed by atoms with Crippen LogP contribution < -0.4 is 5.32 Å². The number of carbonyl (C=O) groups is 4. The number of hydrogen-bond acceptors (Lipinski definition) is 7. The van der Waals surface area contributed by atoms with Gasteiger partial charge in [-0.3, -0.25) is 14.4 Å². The predicted molar refractivity (Wildman–Crippen MR) is 123 cm³/mol. The lowest BCUT2D eigenvalue weighted by Gasteiger charge is -2.36. The molecule has 0 spiro atoms. The molecular formula is C23H29N5O5S. The van der Waals surface area contributed by atoms with Crippen molar-refractivity contribution in [3.05, 3.63) is 22.4 Å². The van der Waals surface area contributed by atoms with E-state index in [1.54, 1.807) is 42.0 Å². The van der Waals surface area contributed by atoms with Crippen LogP contribution in [0.2, 0.25) is 0 Å². The molecule has 0 radical (unpaired) electrons. The fourth-order valence-electron chi connectivity index (χ4n) is 4.86. The second kappa shape index (κ2) is 9.25. The van der Waals surface area contributed by atoms with E-state index in [0.29, 0.717) is 37.9 Å². The minimum atomic E-state index is -1.05. The number of nitrogens with one attached hydrogen (secondary N) is 1. The number of hydrogen-bond donors (Lipinski definition) is 1. The average molecular weight is 488 g/mol. The standard InChI is InChI=1S/C23H29N5O5S/c1-23(2,3)33-22(32)25-17(20(30)26-7-4-5-15(26)10-24)12-27-16-9-18(21(27)31)28(11-16)19(29)14-6-8-34-13-14/h6,8,13,15-18H,4-5,7,9,11-12H2,1-3H3,(H,25,32)/t15-,16+,17-,18-/m0/s1. The predicted octanol–water partition coefficient (Wildman–Crippen LogP) is 1.58. The molecule has 1 N–H and O–H groups in total. The van der Waals surface area contributed by atoms with Crippen molar-refractivity contribution in [3.8, 4) is 6.07 Å². The second-order valence-electron chi connectivity index (χ2n) is 9.88. The highest BCUT2D eigenvalue weighted by molar-refractivity contribution is 7.08. The van der Waals surface area contributed by atoms with Crippen LogP contribution in [0.25, 0.3) is 0 Å². The topological polar surface area (TPSA) is 123 Å². The summed E-state index contributed by atoms with van der Waals surface area (Å²) in [5.41, 5.74) is -0.195. The summed E-state index contributed by atoms with van der Waals surface area (Å²) in [6, 6.07) is 1.46. The van der Waals surface area contributed by atoms with Crippen LogP contribution in [0.15, 0.2) is 16.8 Å². The van der Waals surface area contributed by atoms with Gasteiger partial charge >= 0.3 is 6.09 Å². The van der Waals surface area contributed by atoms with Gasteiger partial charge in [0.1, 0.15) is 23.7 Å². The molecule has 0 saturated carbocycles. The van der Waals surface area contributed by atoms with Gasteiger partial charge in [0.25, 0.3) is 5.91 Å². The number of carbonyl (C=O) groups excluding carboxylic acids is 4. The van der Waals surface area contributed by atoms with Gasteiger partial charge in [0, 0.05) is 18.5 Å². The monoisotopic (exact) mass is 487 g/mol. The number of rotatable bonds is 5. The maximum atomic E-state index is 13.3. The summed E-state index contributed by atoms with van der Waals surface area (Å²) in [7, 11) is 0. The Balaban J connectivity index is 1.49. The molecule has 3 aliphatic heterocycles. The second-order valence-corrected chi connectivity index (χ2v) is 10.7. The smallest absolute Gasteiger partial charge is 0.408 e. The van der Waals surface area contributed by atoms with Crippen LogP contribution in [0, 0.1) is 11.3 Å². The number of alkyl carbamates (subject to hydrolysis) is 1. The van der Waals surface area contributed by atoms with Crippen molar-refractivity contribution in [1.29, 1.82) is 5.26 Å². The van der Waals surface area contributed by atoms with Gasteiger partial charge in [0.05, 0.1) is 24.2 Å². The lowest BCUT2D eigenvalue weighted by molar-refractivity contribution is -0.139. The third-order valence-electron chi connectivity index (χ3n) is 6.37. The number of likely N-dealkylation sites (tertiary alicyclic amines) is 3. The Bertz CT molecular complexity index is 1010. The molecule has 1 aromatic rings. The molecule has 4 heterocycles. The van der Waals surface area contributed by atoms with Crippen LogP contribution in [0.5, 0.6) is 0 Å². The van der Waals surface area contributed by atoms with Crippen LogP contribution in [-0.2, 0) is 14.3 Å². The summed E-state index contributed by atoms with van der Waals surface area (Å²) >= 11 is 1.42. The maximum absolute atomic E-state index is 13.3. The van der Waals surface area contributed by atoms with E-state index < -0.39 is 35.7 Å². The van der Waals surface area contributed by atoms with Crippen molar-refractivity contribution in [2.24, 2.45) is 0 Å². The maximum Gasteiger partial charge on any atom is 0.408 e. The molecule has 182 valence electrons. The summed E-state index contributed by atoms with van der Waals surface area (Å²) < 4.78 is 5.34. The summed E-state index contributed by atoms with van der Waals surface area (Å²) in [6.45, 7) is 5.93. The minimum Gasteiger partial charge on any atom is -0.444 e. The normalized spacial score (nSPS) is 24.8. The number of nitrogens with zero attached hydrogens (tertiary/aromatic N) is 4. The molecule has 4 amide bonds. The van der Waals surface area contributed by atoms with Crippen LogP contribution in [0.1, 0.15) is 50.4 Å². The van der Waals surface area contributed by atoms with E-state index in [4.69, 9.17) is 4.74 Å². The molecule has 1 aromatic heterocycles. The fourth-order valence-corrected chi connectivity index (χ4v) is 5.49. The molecular weight excluding hydrogens is 458 g/mol. The highest BCUT2D eigenvalue weighted by atomic mass is 32.1. The lowest BCUT2D eigenvalue weighted by atomic mass is 10.1. The van der Waals surface area contributed by atoms with Crippen molar-refractivity contribution in [2.75, 3.05) is 19.6 Å². The van der Waals surface area contributed by atoms with Gasteiger partial charge in [-0.2, -0.15) is 16.6 Å². The third-order valence-corrected chi connectivity index (χ3v) is 7.05. The summed E-state index contributed by atoms with van der Waals surface area (Å²) in [5.74, 6) is -0.811. The van der Waals surface area contributed by atoms with Crippen molar-refractivity contribution in [2.45, 2.75) is 69.8 Å². The Morgan fingerprint density at radius 2 is 2.09 bits per heavy atom. The van der Waals surface area contributed by atoms with E-state index in [0.717, 1.165) is 0 Å². The van der Waals surface area contributed by atoms with Gasteiger partial charge in [0.2, 0.25) is 11.8 Å². The van der Waals surface area contributed by atoms with E-state index in [2.05, 4.69) is 11.4 Å². The van der Waals surface area contributed by atoms with Crippen molar-refractivity contribution < 1.29 is 23.9 Å². The molecule has 3 saturated heterocycles. The Morgan fingerprint density at radius 3 is 2.71 bits per heavy atom. The summed E-state index contributed by atoms with van der Waals surface area (Å²) in [6.07, 6.45) is 1.02. The first-order valence-electron chi connectivity index (χ1n) is 11.4. The van der Waals surface area contributed by atoms with Gasteiger partial charge in [-0.05, 0) is 51.5 Å². The minimum absolute atomic E-state index is 0.0345. The van der Waals surface area contributed by atoms with E-state index in [-0.39, 0.29) is 24.4 Å². The number of nitriles is 1. The van der Waals surface area contributed by atoms with Crippen molar-refractivity contribution in [3.63, 3.8) is 0 Å². The zero-order valence-electron chi connectivity index (χ0n) is 19.5. The van der Waals surface area contributed by atoms with Crippen LogP contribution in [-0.4, -0.2) is 87.9 Å². The van der Waals surface area contributed by atoms with Crippen LogP contribution >= 0.6 is 11.3 Å². The van der Waals surface area contributed by atoms with Gasteiger partial charge in [-0.25, -0.2) is 4.79 Å². The number of amides is 4. The molecule has 11 heteroatoms. The number of thiophene rings is 1. The van der Waals surface area contributed by atoms with E-state index in [1.807, 2.05) is 5.38 Å². The molecule has 0 unspecified atom stereocenters. The van der Waals surface area contributed by atoms with Crippen molar-refractivity contribution >= 4 is 35.2 Å².